The van der Waals surface area contributed by atoms with E-state index in [1.807, 2.05) is 18.2 Å². The predicted octanol–water partition coefficient (Wildman–Crippen LogP) is 5.68. The molecule has 0 saturated heterocycles. The van der Waals surface area contributed by atoms with E-state index in [0.29, 0.717) is 34.0 Å². The summed E-state index contributed by atoms with van der Waals surface area (Å²) in [6.45, 7) is 6.19. The minimum absolute atomic E-state index is 0.240. The van der Waals surface area contributed by atoms with Crippen molar-refractivity contribution in [3.8, 4) is 17.2 Å². The first-order valence-electron chi connectivity index (χ1n) is 9.39. The van der Waals surface area contributed by atoms with Gasteiger partial charge in [-0.15, -0.1) is 0 Å². The highest BCUT2D eigenvalue weighted by Crippen LogP contribution is 2.31. The fourth-order valence-corrected chi connectivity index (χ4v) is 3.66. The number of aromatic nitrogens is 1. The van der Waals surface area contributed by atoms with Crippen molar-refractivity contribution < 1.29 is 13.9 Å². The van der Waals surface area contributed by atoms with Gasteiger partial charge in [-0.1, -0.05) is 29.8 Å². The first kappa shape index (κ1) is 18.7. The fraction of sp³-hybridized carbons (Fsp3) is 0.167. The number of oxazole rings is 1. The molecule has 0 spiro atoms. The largest absolute Gasteiger partial charge is 0.496 e. The molecule has 4 rings (SSSR count). The third kappa shape index (κ3) is 3.59. The SMILES string of the molecule is COc1ccccc1C(=O)Nc1ccc2oc(-c3c(C)cc(C)cc3C)nc2c1. The van der Waals surface area contributed by atoms with Crippen LogP contribution in [0.15, 0.2) is 59.0 Å². The van der Waals surface area contributed by atoms with Crippen LogP contribution in [-0.4, -0.2) is 18.0 Å². The summed E-state index contributed by atoms with van der Waals surface area (Å²) in [5.41, 5.74) is 6.95. The monoisotopic (exact) mass is 386 g/mol. The van der Waals surface area contributed by atoms with Crippen LogP contribution in [0.3, 0.4) is 0 Å². The van der Waals surface area contributed by atoms with Crippen LogP contribution in [0.1, 0.15) is 27.0 Å². The van der Waals surface area contributed by atoms with Gasteiger partial charge in [0.1, 0.15) is 11.3 Å². The van der Waals surface area contributed by atoms with Gasteiger partial charge in [0, 0.05) is 11.3 Å². The van der Waals surface area contributed by atoms with E-state index in [1.54, 1.807) is 31.4 Å². The van der Waals surface area contributed by atoms with Crippen molar-refractivity contribution in [3.63, 3.8) is 0 Å². The molecular weight excluding hydrogens is 364 g/mol. The average molecular weight is 386 g/mol. The molecule has 0 aliphatic rings. The van der Waals surface area contributed by atoms with Gasteiger partial charge in [0.05, 0.1) is 12.7 Å². The third-order valence-electron chi connectivity index (χ3n) is 4.89. The molecule has 1 amide bonds. The first-order valence-corrected chi connectivity index (χ1v) is 9.39. The van der Waals surface area contributed by atoms with E-state index >= 15 is 0 Å². The van der Waals surface area contributed by atoms with Crippen LogP contribution in [0, 0.1) is 20.8 Å². The zero-order valence-electron chi connectivity index (χ0n) is 16.9. The summed E-state index contributed by atoms with van der Waals surface area (Å²) >= 11 is 0. The van der Waals surface area contributed by atoms with Gasteiger partial charge in [0.15, 0.2) is 5.58 Å². The first-order chi connectivity index (χ1) is 14.0. The second kappa shape index (κ2) is 7.43. The second-order valence-corrected chi connectivity index (χ2v) is 7.13. The topological polar surface area (TPSA) is 64.4 Å². The van der Waals surface area contributed by atoms with Crippen LogP contribution in [-0.2, 0) is 0 Å². The normalized spacial score (nSPS) is 10.9. The van der Waals surface area contributed by atoms with Crippen molar-refractivity contribution in [2.45, 2.75) is 20.8 Å². The summed E-state index contributed by atoms with van der Waals surface area (Å²) in [7, 11) is 1.55. The molecule has 0 aliphatic heterocycles. The lowest BCUT2D eigenvalue weighted by molar-refractivity contribution is 0.102. The molecule has 0 bridgehead atoms. The van der Waals surface area contributed by atoms with Crippen molar-refractivity contribution >= 4 is 22.7 Å². The van der Waals surface area contributed by atoms with Gasteiger partial charge in [-0.05, 0) is 62.2 Å². The van der Waals surface area contributed by atoms with E-state index in [4.69, 9.17) is 9.15 Å². The van der Waals surface area contributed by atoms with E-state index in [0.717, 1.165) is 16.7 Å². The minimum atomic E-state index is -0.240. The molecule has 3 aromatic carbocycles. The number of nitrogens with one attached hydrogen (secondary N) is 1. The fourth-order valence-electron chi connectivity index (χ4n) is 3.66. The van der Waals surface area contributed by atoms with Gasteiger partial charge in [0.25, 0.3) is 5.91 Å². The Labute approximate surface area is 169 Å². The Morgan fingerprint density at radius 1 is 1.00 bits per heavy atom. The Morgan fingerprint density at radius 2 is 1.72 bits per heavy atom. The molecule has 146 valence electrons. The number of para-hydroxylation sites is 1. The molecule has 1 heterocycles. The Balaban J connectivity index is 1.67. The van der Waals surface area contributed by atoms with E-state index in [1.165, 1.54) is 5.56 Å². The van der Waals surface area contributed by atoms with Gasteiger partial charge in [-0.25, -0.2) is 4.98 Å². The summed E-state index contributed by atoms with van der Waals surface area (Å²) in [4.78, 5) is 17.3. The number of benzene rings is 3. The number of hydrogen-bond donors (Lipinski definition) is 1. The molecule has 0 fully saturated rings. The van der Waals surface area contributed by atoms with Gasteiger partial charge in [0.2, 0.25) is 5.89 Å². The summed E-state index contributed by atoms with van der Waals surface area (Å²) in [5.74, 6) is 0.874. The van der Waals surface area contributed by atoms with E-state index < -0.39 is 0 Å². The van der Waals surface area contributed by atoms with Gasteiger partial charge in [-0.3, -0.25) is 4.79 Å². The second-order valence-electron chi connectivity index (χ2n) is 7.13. The summed E-state index contributed by atoms with van der Waals surface area (Å²) < 4.78 is 11.3. The number of fused-ring (bicyclic) bond motifs is 1. The number of ether oxygens (including phenoxy) is 1. The standard InChI is InChI=1S/C24H22N2O3/c1-14-11-15(2)22(16(3)12-14)24-26-19-13-17(9-10-21(19)29-24)25-23(27)18-7-5-6-8-20(18)28-4/h5-13H,1-4H3,(H,25,27). The molecule has 5 nitrogen and oxygen atoms in total. The molecule has 4 aromatic rings. The number of nitrogens with zero attached hydrogens (tertiary/aromatic N) is 1. The van der Waals surface area contributed by atoms with Crippen molar-refractivity contribution in [1.29, 1.82) is 0 Å². The van der Waals surface area contributed by atoms with Gasteiger partial charge < -0.3 is 14.5 Å². The number of anilines is 1. The Kier molecular flexibility index (Phi) is 4.80. The maximum absolute atomic E-state index is 12.6. The zero-order chi connectivity index (χ0) is 20.5. The number of amides is 1. The van der Waals surface area contributed by atoms with Crippen LogP contribution in [0.25, 0.3) is 22.6 Å². The molecule has 0 atom stereocenters. The van der Waals surface area contributed by atoms with Crippen molar-refractivity contribution in [1.82, 2.24) is 4.98 Å². The Morgan fingerprint density at radius 3 is 2.45 bits per heavy atom. The lowest BCUT2D eigenvalue weighted by Gasteiger charge is -2.08. The number of rotatable bonds is 4. The van der Waals surface area contributed by atoms with Crippen molar-refractivity contribution in [3.05, 3.63) is 76.9 Å². The number of carbonyl (C=O) groups excluding carboxylic acids is 1. The van der Waals surface area contributed by atoms with Crippen LogP contribution >= 0.6 is 0 Å². The molecule has 0 radical (unpaired) electrons. The summed E-state index contributed by atoms with van der Waals surface area (Å²) in [5, 5.41) is 2.90. The highest BCUT2D eigenvalue weighted by Gasteiger charge is 2.16. The number of methoxy groups -OCH3 is 1. The van der Waals surface area contributed by atoms with Gasteiger partial charge >= 0.3 is 0 Å². The van der Waals surface area contributed by atoms with Crippen molar-refractivity contribution in [2.75, 3.05) is 12.4 Å². The predicted molar refractivity (Wildman–Crippen MR) is 115 cm³/mol. The third-order valence-corrected chi connectivity index (χ3v) is 4.89. The Bertz CT molecular complexity index is 1200. The molecule has 0 unspecified atom stereocenters. The summed E-state index contributed by atoms with van der Waals surface area (Å²) in [6.07, 6.45) is 0. The Hall–Kier alpha value is -3.60. The van der Waals surface area contributed by atoms with Crippen LogP contribution in [0.5, 0.6) is 5.75 Å². The molecule has 29 heavy (non-hydrogen) atoms. The summed E-state index contributed by atoms with van der Waals surface area (Å²) in [6, 6.07) is 16.8. The maximum Gasteiger partial charge on any atom is 0.259 e. The molecule has 0 aliphatic carbocycles. The van der Waals surface area contributed by atoms with Crippen LogP contribution < -0.4 is 10.1 Å². The number of aryl methyl sites for hydroxylation is 3. The van der Waals surface area contributed by atoms with Gasteiger partial charge in [-0.2, -0.15) is 0 Å². The zero-order valence-corrected chi connectivity index (χ0v) is 16.9. The van der Waals surface area contributed by atoms with Crippen LogP contribution in [0.4, 0.5) is 5.69 Å². The highest BCUT2D eigenvalue weighted by molar-refractivity contribution is 6.06. The van der Waals surface area contributed by atoms with Crippen molar-refractivity contribution in [2.24, 2.45) is 0 Å². The molecule has 1 N–H and O–H groups in total. The molecule has 5 heteroatoms. The van der Waals surface area contributed by atoms with E-state index in [2.05, 4.69) is 43.2 Å². The molecule has 1 aromatic heterocycles. The maximum atomic E-state index is 12.6. The highest BCUT2D eigenvalue weighted by atomic mass is 16.5. The number of hydrogen-bond acceptors (Lipinski definition) is 4. The van der Waals surface area contributed by atoms with E-state index in [-0.39, 0.29) is 5.91 Å². The lowest BCUT2D eigenvalue weighted by atomic mass is 10.00. The van der Waals surface area contributed by atoms with E-state index in [9.17, 15) is 4.79 Å². The molecular formula is C24H22N2O3. The molecule has 0 saturated carbocycles. The quantitative estimate of drug-likeness (QED) is 0.490. The number of carbonyl (C=O) groups is 1. The minimum Gasteiger partial charge on any atom is -0.496 e. The average Bonchev–Trinajstić information content (AvgIpc) is 3.09. The van der Waals surface area contributed by atoms with Crippen LogP contribution in [0.2, 0.25) is 0 Å². The smallest absolute Gasteiger partial charge is 0.259 e. The lowest BCUT2D eigenvalue weighted by Crippen LogP contribution is -2.13.